The largest absolute Gasteiger partial charge is 0.383 e. The van der Waals surface area contributed by atoms with Crippen LogP contribution in [0.4, 0.5) is 11.5 Å². The summed E-state index contributed by atoms with van der Waals surface area (Å²) in [5.41, 5.74) is 19.3. The quantitative estimate of drug-likeness (QED) is 0.243. The monoisotopic (exact) mass is 551 g/mol. The van der Waals surface area contributed by atoms with E-state index in [1.54, 1.807) is 6.20 Å². The summed E-state index contributed by atoms with van der Waals surface area (Å²) in [6.45, 7) is 0. The molecule has 2 aliphatic rings. The second kappa shape index (κ2) is 10.0. The Morgan fingerprint density at radius 2 is 1.77 bits per heavy atom. The van der Waals surface area contributed by atoms with E-state index >= 15 is 0 Å². The van der Waals surface area contributed by atoms with Gasteiger partial charge in [0.25, 0.3) is 0 Å². The van der Waals surface area contributed by atoms with Crippen molar-refractivity contribution in [2.75, 3.05) is 11.1 Å². The third-order valence-electron chi connectivity index (χ3n) is 7.90. The Bertz CT molecular complexity index is 1720. The predicted octanol–water partition coefficient (Wildman–Crippen LogP) is 5.84. The minimum atomic E-state index is -0.239. The van der Waals surface area contributed by atoms with Gasteiger partial charge in [-0.15, -0.1) is 12.4 Å². The summed E-state index contributed by atoms with van der Waals surface area (Å²) in [4.78, 5) is 26.6. The number of carbonyl (C=O) groups excluding carboxylic acids is 1. The fourth-order valence-corrected chi connectivity index (χ4v) is 5.28. The zero-order valence-corrected chi connectivity index (χ0v) is 22.7. The van der Waals surface area contributed by atoms with Crippen molar-refractivity contribution in [2.24, 2.45) is 11.7 Å². The van der Waals surface area contributed by atoms with Crippen molar-refractivity contribution in [3.63, 3.8) is 0 Å². The molecule has 3 aromatic heterocycles. The average molecular weight is 552 g/mol. The molecular weight excluding hydrogens is 522 g/mol. The molecule has 5 aromatic rings. The van der Waals surface area contributed by atoms with Gasteiger partial charge in [-0.1, -0.05) is 24.3 Å². The van der Waals surface area contributed by atoms with Crippen LogP contribution in [0.2, 0.25) is 0 Å². The molecule has 2 saturated carbocycles. The van der Waals surface area contributed by atoms with Gasteiger partial charge in [-0.05, 0) is 86.2 Å². The van der Waals surface area contributed by atoms with Crippen LogP contribution in [-0.4, -0.2) is 25.4 Å². The van der Waals surface area contributed by atoms with E-state index in [0.29, 0.717) is 17.3 Å². The fraction of sp³-hybridized carbons (Fsp3) is 0.226. The molecule has 3 heterocycles. The number of nitrogens with zero attached hydrogens (tertiary/aromatic N) is 4. The molecule has 0 atom stereocenters. The van der Waals surface area contributed by atoms with Gasteiger partial charge >= 0.3 is 0 Å². The van der Waals surface area contributed by atoms with Gasteiger partial charge < -0.3 is 16.8 Å². The van der Waals surface area contributed by atoms with Crippen LogP contribution in [0.15, 0.2) is 79.0 Å². The van der Waals surface area contributed by atoms with Crippen LogP contribution in [0.25, 0.3) is 39.5 Å². The molecule has 0 radical (unpaired) electrons. The molecule has 5 N–H and O–H groups in total. The van der Waals surface area contributed by atoms with Crippen LogP contribution in [0, 0.1) is 5.92 Å². The number of hydrogen-bond donors (Lipinski definition) is 3. The highest BCUT2D eigenvalue weighted by atomic mass is 35.5. The maximum atomic E-state index is 12.3. The Morgan fingerprint density at radius 3 is 2.48 bits per heavy atom. The maximum Gasteiger partial charge on any atom is 0.227 e. The van der Waals surface area contributed by atoms with Crippen LogP contribution >= 0.6 is 12.4 Å². The third kappa shape index (κ3) is 4.59. The number of nitrogen functional groups attached to an aromatic ring is 1. The number of fused-ring (bicyclic) bond motifs is 1. The Morgan fingerprint density at radius 1 is 0.975 bits per heavy atom. The van der Waals surface area contributed by atoms with Crippen molar-refractivity contribution in [3.8, 4) is 28.3 Å². The lowest BCUT2D eigenvalue weighted by molar-refractivity contribution is -0.117. The topological polar surface area (TPSA) is 125 Å². The molecule has 40 heavy (non-hydrogen) atoms. The molecule has 7 rings (SSSR count). The summed E-state index contributed by atoms with van der Waals surface area (Å²) >= 11 is 0. The first-order chi connectivity index (χ1) is 19.0. The fourth-order valence-electron chi connectivity index (χ4n) is 5.28. The number of nitrogens with one attached hydrogen (secondary N) is 1. The van der Waals surface area contributed by atoms with E-state index in [4.69, 9.17) is 21.4 Å². The van der Waals surface area contributed by atoms with E-state index in [-0.39, 0.29) is 29.8 Å². The van der Waals surface area contributed by atoms with E-state index in [1.165, 1.54) is 0 Å². The van der Waals surface area contributed by atoms with E-state index in [1.807, 2.05) is 53.1 Å². The molecule has 2 aliphatic carbocycles. The van der Waals surface area contributed by atoms with Crippen LogP contribution in [0.3, 0.4) is 0 Å². The van der Waals surface area contributed by atoms with Gasteiger partial charge in [0.1, 0.15) is 11.3 Å². The van der Waals surface area contributed by atoms with Gasteiger partial charge in [-0.3, -0.25) is 9.36 Å². The van der Waals surface area contributed by atoms with Crippen molar-refractivity contribution in [3.05, 3.63) is 84.6 Å². The first kappa shape index (κ1) is 26.0. The highest BCUT2D eigenvalue weighted by Gasteiger charge is 2.34. The van der Waals surface area contributed by atoms with Gasteiger partial charge in [0.15, 0.2) is 11.5 Å². The summed E-state index contributed by atoms with van der Waals surface area (Å²) in [6, 6.07) is 23.8. The van der Waals surface area contributed by atoms with Crippen LogP contribution in [0.1, 0.15) is 37.7 Å². The molecule has 2 aromatic carbocycles. The minimum Gasteiger partial charge on any atom is -0.383 e. The number of imidazole rings is 1. The first-order valence-corrected chi connectivity index (χ1v) is 13.4. The second-order valence-corrected chi connectivity index (χ2v) is 10.6. The predicted molar refractivity (Wildman–Crippen MR) is 160 cm³/mol. The van der Waals surface area contributed by atoms with Gasteiger partial charge in [-0.2, -0.15) is 0 Å². The number of carbonyl (C=O) groups is 1. The summed E-state index contributed by atoms with van der Waals surface area (Å²) in [5.74, 6) is 1.29. The third-order valence-corrected chi connectivity index (χ3v) is 7.90. The number of rotatable bonds is 6. The number of nitrogens with two attached hydrogens (primary N) is 2. The molecule has 2 fully saturated rings. The van der Waals surface area contributed by atoms with Crippen molar-refractivity contribution in [2.45, 2.75) is 37.6 Å². The molecule has 0 aliphatic heterocycles. The molecule has 202 valence electrons. The Balaban J connectivity index is 0.00000289. The lowest BCUT2D eigenvalue weighted by Gasteiger charge is -2.38. The molecular formula is C31H30ClN7O. The summed E-state index contributed by atoms with van der Waals surface area (Å²) in [7, 11) is 0. The SMILES string of the molecule is Cl.Nc1ncccc1-c1nc2ccc(-c3cccc(NC(=O)C4CC4)c3)nc2n1-c1ccc(C2(N)CCC2)cc1. The van der Waals surface area contributed by atoms with Gasteiger partial charge in [0.2, 0.25) is 5.91 Å². The number of hydrogen-bond acceptors (Lipinski definition) is 6. The summed E-state index contributed by atoms with van der Waals surface area (Å²) in [5, 5.41) is 3.03. The lowest BCUT2D eigenvalue weighted by Crippen LogP contribution is -2.43. The zero-order valence-electron chi connectivity index (χ0n) is 21.9. The highest BCUT2D eigenvalue weighted by Crippen LogP contribution is 2.39. The Kier molecular flexibility index (Phi) is 6.52. The van der Waals surface area contributed by atoms with E-state index in [0.717, 1.165) is 71.4 Å². The second-order valence-electron chi connectivity index (χ2n) is 10.6. The molecule has 9 heteroatoms. The number of amides is 1. The Hall–Kier alpha value is -4.27. The number of benzene rings is 2. The van der Waals surface area contributed by atoms with Crippen molar-refractivity contribution in [1.82, 2.24) is 19.5 Å². The number of halogens is 1. The normalized spacial score (nSPS) is 15.7. The smallest absolute Gasteiger partial charge is 0.227 e. The number of anilines is 2. The number of pyridine rings is 2. The van der Waals surface area contributed by atoms with E-state index in [9.17, 15) is 4.79 Å². The van der Waals surface area contributed by atoms with Crippen LogP contribution in [-0.2, 0) is 10.3 Å². The zero-order chi connectivity index (χ0) is 26.6. The molecule has 0 bridgehead atoms. The molecule has 0 spiro atoms. The molecule has 1 amide bonds. The molecule has 0 saturated heterocycles. The van der Waals surface area contributed by atoms with E-state index in [2.05, 4.69) is 34.6 Å². The first-order valence-electron chi connectivity index (χ1n) is 13.4. The van der Waals surface area contributed by atoms with Crippen LogP contribution in [0.5, 0.6) is 0 Å². The summed E-state index contributed by atoms with van der Waals surface area (Å²) < 4.78 is 2.03. The Labute approximate surface area is 238 Å². The van der Waals surface area contributed by atoms with Crippen molar-refractivity contribution >= 4 is 41.0 Å². The minimum absolute atomic E-state index is 0. The molecule has 0 unspecified atom stereocenters. The van der Waals surface area contributed by atoms with Crippen molar-refractivity contribution in [1.29, 1.82) is 0 Å². The van der Waals surface area contributed by atoms with Crippen molar-refractivity contribution < 1.29 is 4.79 Å². The van der Waals surface area contributed by atoms with Gasteiger partial charge in [-0.25, -0.2) is 15.0 Å². The summed E-state index contributed by atoms with van der Waals surface area (Å²) in [6.07, 6.45) is 6.76. The number of aromatic nitrogens is 4. The highest BCUT2D eigenvalue weighted by molar-refractivity contribution is 5.94. The standard InChI is InChI=1S/C31H29N7O.ClH/c32-27-24(6-2-17-34-27)28-37-26-14-13-25(20-4-1-5-22(18-20)35-30(39)19-7-8-19)36-29(26)38(28)23-11-9-21(10-12-23)31(33)15-3-16-31;/h1-2,4-6,9-14,17-19H,3,7-8,15-16,33H2,(H2,32,34)(H,35,39);1H. The lowest BCUT2D eigenvalue weighted by atomic mass is 9.73. The van der Waals surface area contributed by atoms with Gasteiger partial charge in [0, 0.05) is 34.6 Å². The maximum absolute atomic E-state index is 12.3. The van der Waals surface area contributed by atoms with Gasteiger partial charge in [0.05, 0.1) is 11.3 Å². The van der Waals surface area contributed by atoms with Crippen LogP contribution < -0.4 is 16.8 Å². The van der Waals surface area contributed by atoms with E-state index < -0.39 is 0 Å². The average Bonchev–Trinajstić information content (AvgIpc) is 3.73. The molecule has 8 nitrogen and oxygen atoms in total.